The fourth-order valence-electron chi connectivity index (χ4n) is 3.12. The van der Waals surface area contributed by atoms with Crippen LogP contribution in [0.2, 0.25) is 0 Å². The highest BCUT2D eigenvalue weighted by Gasteiger charge is 2.30. The molecule has 0 atom stereocenters. The highest BCUT2D eigenvalue weighted by atomic mass is 32.2. The summed E-state index contributed by atoms with van der Waals surface area (Å²) in [7, 11) is -3.48. The zero-order valence-corrected chi connectivity index (χ0v) is 16.4. The first kappa shape index (κ1) is 18.3. The van der Waals surface area contributed by atoms with Crippen molar-refractivity contribution >= 4 is 31.6 Å². The maximum atomic E-state index is 13.3. The van der Waals surface area contributed by atoms with Crippen LogP contribution in [0.3, 0.4) is 0 Å². The minimum atomic E-state index is -3.48. The Labute approximate surface area is 161 Å². The Morgan fingerprint density at radius 1 is 1.15 bits per heavy atom. The van der Waals surface area contributed by atoms with Crippen LogP contribution < -0.4 is 4.74 Å². The van der Waals surface area contributed by atoms with Gasteiger partial charge in [-0.25, -0.2) is 17.8 Å². The van der Waals surface area contributed by atoms with Crippen molar-refractivity contribution in [2.45, 2.75) is 30.8 Å². The Hall–Kier alpha value is -2.03. The van der Waals surface area contributed by atoms with E-state index in [1.807, 2.05) is 6.92 Å². The second kappa shape index (κ2) is 7.18. The number of fused-ring (bicyclic) bond motifs is 1. The van der Waals surface area contributed by atoms with E-state index < -0.39 is 10.0 Å². The topological polar surface area (TPSA) is 59.5 Å². The normalized spacial score (nSPS) is 16.7. The molecule has 1 aliphatic heterocycles. The number of hydrogen-bond donors (Lipinski definition) is 0. The molecule has 4 rings (SSSR count). The Bertz CT molecular complexity index is 1060. The van der Waals surface area contributed by atoms with Gasteiger partial charge in [-0.15, -0.1) is 0 Å². The van der Waals surface area contributed by atoms with Gasteiger partial charge in [-0.05, 0) is 50.1 Å². The van der Waals surface area contributed by atoms with Gasteiger partial charge >= 0.3 is 0 Å². The second-order valence-electron chi connectivity index (χ2n) is 6.63. The maximum absolute atomic E-state index is 13.3. The Morgan fingerprint density at radius 3 is 2.56 bits per heavy atom. The smallest absolute Gasteiger partial charge is 0.274 e. The van der Waals surface area contributed by atoms with Crippen molar-refractivity contribution in [3.63, 3.8) is 0 Å². The molecule has 0 amide bonds. The molecule has 3 aromatic rings. The summed E-state index contributed by atoms with van der Waals surface area (Å²) in [6.07, 6.45) is 1.09. The van der Waals surface area contributed by atoms with Crippen molar-refractivity contribution in [2.24, 2.45) is 0 Å². The number of aromatic nitrogens is 1. The monoisotopic (exact) mass is 406 g/mol. The lowest BCUT2D eigenvalue weighted by molar-refractivity contribution is 0.135. The fourth-order valence-corrected chi connectivity index (χ4v) is 5.50. The highest BCUT2D eigenvalue weighted by Crippen LogP contribution is 2.31. The number of rotatable bonds is 4. The van der Waals surface area contributed by atoms with Gasteiger partial charge in [0.15, 0.2) is 0 Å². The van der Waals surface area contributed by atoms with E-state index in [9.17, 15) is 12.8 Å². The lowest BCUT2D eigenvalue weighted by Crippen LogP contribution is -2.41. The summed E-state index contributed by atoms with van der Waals surface area (Å²) < 4.78 is 47.0. The van der Waals surface area contributed by atoms with Gasteiger partial charge in [0, 0.05) is 13.1 Å². The Morgan fingerprint density at radius 2 is 1.85 bits per heavy atom. The van der Waals surface area contributed by atoms with Crippen LogP contribution in [0.4, 0.5) is 4.39 Å². The second-order valence-corrected chi connectivity index (χ2v) is 9.56. The van der Waals surface area contributed by atoms with Gasteiger partial charge in [0.05, 0.1) is 15.1 Å². The molecule has 1 fully saturated rings. The molecule has 0 spiro atoms. The van der Waals surface area contributed by atoms with E-state index in [1.165, 1.54) is 27.8 Å². The molecule has 0 saturated carbocycles. The van der Waals surface area contributed by atoms with Gasteiger partial charge in [0.1, 0.15) is 11.9 Å². The molecule has 0 N–H and O–H groups in total. The first-order valence-corrected chi connectivity index (χ1v) is 11.0. The maximum Gasteiger partial charge on any atom is 0.274 e. The standard InChI is InChI=1S/C19H19FN2O3S2/c1-13-2-5-16(6-3-13)27(23,24)22-10-8-15(9-11-22)25-19-21-17-7-4-14(20)12-18(17)26-19/h2-7,12,15H,8-11H2,1H3. The molecule has 1 saturated heterocycles. The molecule has 1 aliphatic rings. The number of piperidine rings is 1. The Kier molecular flexibility index (Phi) is 4.88. The number of ether oxygens (including phenoxy) is 1. The predicted octanol–water partition coefficient (Wildman–Crippen LogP) is 3.98. The van der Waals surface area contributed by atoms with Crippen LogP contribution in [-0.4, -0.2) is 36.9 Å². The number of nitrogens with zero attached hydrogens (tertiary/aromatic N) is 2. The van der Waals surface area contributed by atoms with E-state index in [2.05, 4.69) is 4.98 Å². The minimum absolute atomic E-state index is 0.0973. The molecular formula is C19H19FN2O3S2. The summed E-state index contributed by atoms with van der Waals surface area (Å²) in [4.78, 5) is 4.69. The lowest BCUT2D eigenvalue weighted by Gasteiger charge is -2.30. The van der Waals surface area contributed by atoms with Crippen LogP contribution in [-0.2, 0) is 10.0 Å². The Balaban J connectivity index is 1.41. The number of benzene rings is 2. The van der Waals surface area contributed by atoms with Crippen LogP contribution >= 0.6 is 11.3 Å². The zero-order valence-electron chi connectivity index (χ0n) is 14.8. The SMILES string of the molecule is Cc1ccc(S(=O)(=O)N2CCC(Oc3nc4ccc(F)cc4s3)CC2)cc1. The summed E-state index contributed by atoms with van der Waals surface area (Å²) in [5, 5.41) is 0.496. The molecule has 1 aromatic heterocycles. The largest absolute Gasteiger partial charge is 0.467 e. The van der Waals surface area contributed by atoms with Crippen molar-refractivity contribution in [3.05, 3.63) is 53.8 Å². The summed E-state index contributed by atoms with van der Waals surface area (Å²) in [5.41, 5.74) is 1.73. The molecule has 2 aromatic carbocycles. The predicted molar refractivity (Wildman–Crippen MR) is 103 cm³/mol. The van der Waals surface area contributed by atoms with Crippen molar-refractivity contribution in [1.29, 1.82) is 0 Å². The van der Waals surface area contributed by atoms with E-state index in [0.717, 1.165) is 10.3 Å². The first-order chi connectivity index (χ1) is 12.9. The minimum Gasteiger partial charge on any atom is -0.467 e. The van der Waals surface area contributed by atoms with Crippen LogP contribution in [0.25, 0.3) is 10.2 Å². The summed E-state index contributed by atoms with van der Waals surface area (Å²) in [6, 6.07) is 11.3. The molecular weight excluding hydrogens is 387 g/mol. The van der Waals surface area contributed by atoms with Crippen molar-refractivity contribution in [1.82, 2.24) is 9.29 Å². The molecule has 8 heteroatoms. The van der Waals surface area contributed by atoms with Crippen LogP contribution in [0, 0.1) is 12.7 Å². The molecule has 142 valence electrons. The molecule has 27 heavy (non-hydrogen) atoms. The summed E-state index contributed by atoms with van der Waals surface area (Å²) in [5.74, 6) is -0.299. The molecule has 5 nitrogen and oxygen atoms in total. The average molecular weight is 407 g/mol. The molecule has 0 unspecified atom stereocenters. The van der Waals surface area contributed by atoms with E-state index >= 15 is 0 Å². The molecule has 0 bridgehead atoms. The van der Waals surface area contributed by atoms with Gasteiger partial charge in [-0.2, -0.15) is 4.31 Å². The summed E-state index contributed by atoms with van der Waals surface area (Å²) in [6.45, 7) is 2.73. The van der Waals surface area contributed by atoms with Crippen LogP contribution in [0.15, 0.2) is 47.4 Å². The zero-order chi connectivity index (χ0) is 19.0. The molecule has 0 aliphatic carbocycles. The van der Waals surface area contributed by atoms with E-state index in [-0.39, 0.29) is 11.9 Å². The van der Waals surface area contributed by atoms with Gasteiger partial charge in [-0.3, -0.25) is 0 Å². The van der Waals surface area contributed by atoms with Crippen LogP contribution in [0.1, 0.15) is 18.4 Å². The third kappa shape index (κ3) is 3.83. The highest BCUT2D eigenvalue weighted by molar-refractivity contribution is 7.89. The van der Waals surface area contributed by atoms with Gasteiger partial charge in [-0.1, -0.05) is 29.0 Å². The lowest BCUT2D eigenvalue weighted by atomic mass is 10.1. The van der Waals surface area contributed by atoms with E-state index in [4.69, 9.17) is 4.74 Å². The molecule has 2 heterocycles. The summed E-state index contributed by atoms with van der Waals surface area (Å²) >= 11 is 1.30. The van der Waals surface area contributed by atoms with Gasteiger partial charge in [0.2, 0.25) is 10.0 Å². The van der Waals surface area contributed by atoms with E-state index in [0.29, 0.717) is 41.5 Å². The third-order valence-corrected chi connectivity index (χ3v) is 7.48. The van der Waals surface area contributed by atoms with Gasteiger partial charge in [0.25, 0.3) is 5.19 Å². The first-order valence-electron chi connectivity index (χ1n) is 8.71. The third-order valence-electron chi connectivity index (χ3n) is 4.66. The molecule has 0 radical (unpaired) electrons. The van der Waals surface area contributed by atoms with E-state index in [1.54, 1.807) is 30.3 Å². The number of aryl methyl sites for hydroxylation is 1. The van der Waals surface area contributed by atoms with Gasteiger partial charge < -0.3 is 4.74 Å². The fraction of sp³-hybridized carbons (Fsp3) is 0.316. The number of hydrogen-bond acceptors (Lipinski definition) is 5. The average Bonchev–Trinajstić information content (AvgIpc) is 3.04. The van der Waals surface area contributed by atoms with Crippen molar-refractivity contribution in [2.75, 3.05) is 13.1 Å². The number of sulfonamides is 1. The number of halogens is 1. The number of thiazole rings is 1. The quantitative estimate of drug-likeness (QED) is 0.658. The van der Waals surface area contributed by atoms with Crippen molar-refractivity contribution < 1.29 is 17.5 Å². The van der Waals surface area contributed by atoms with Crippen molar-refractivity contribution in [3.8, 4) is 5.19 Å². The van der Waals surface area contributed by atoms with Crippen LogP contribution in [0.5, 0.6) is 5.19 Å².